The van der Waals surface area contributed by atoms with Crippen LogP contribution in [0.15, 0.2) is 36.5 Å². The first-order valence-corrected chi connectivity index (χ1v) is 16.5. The van der Waals surface area contributed by atoms with Gasteiger partial charge in [0.1, 0.15) is 41.1 Å². The molecule has 7 rings (SSSR count). The van der Waals surface area contributed by atoms with E-state index >= 15 is 4.39 Å². The standard InChI is InChI=1S/C35H36ClF2N7O3/c1-35(2,3)48-34(46)45-12-11-44(17-21(45)14-39-4)32-24-15-40-30(22-8-6-7-19-9-10-25(37)28(36)27(19)22)29(38)31(24)41-33(42-32)47-18-26-23-13-20(23)16-43(26)5/h6-10,15,20-21,23,26H,11-14,16-18H2,1-3,5H3/t20-,21+,23-,26-/m1/s1. The first-order chi connectivity index (χ1) is 22.9. The van der Waals surface area contributed by atoms with Crippen molar-refractivity contribution in [1.82, 2.24) is 24.8 Å². The fourth-order valence-electron chi connectivity index (χ4n) is 7.09. The fourth-order valence-corrected chi connectivity index (χ4v) is 7.36. The lowest BCUT2D eigenvalue weighted by molar-refractivity contribution is 0.0155. The molecule has 4 heterocycles. The van der Waals surface area contributed by atoms with Crippen LogP contribution < -0.4 is 9.64 Å². The maximum atomic E-state index is 16.8. The van der Waals surface area contributed by atoms with E-state index in [0.29, 0.717) is 52.5 Å². The van der Waals surface area contributed by atoms with Gasteiger partial charge in [0.05, 0.1) is 10.4 Å². The van der Waals surface area contributed by atoms with Crippen molar-refractivity contribution in [2.75, 3.05) is 51.3 Å². The second-order valence-corrected chi connectivity index (χ2v) is 14.2. The summed E-state index contributed by atoms with van der Waals surface area (Å²) in [4.78, 5) is 36.3. The summed E-state index contributed by atoms with van der Waals surface area (Å²) in [6.07, 6.45) is 2.18. The lowest BCUT2D eigenvalue weighted by Crippen LogP contribution is -2.57. The maximum Gasteiger partial charge on any atom is 0.410 e. The van der Waals surface area contributed by atoms with E-state index in [4.69, 9.17) is 32.6 Å². The van der Waals surface area contributed by atoms with Crippen molar-refractivity contribution < 1.29 is 23.0 Å². The molecule has 3 fully saturated rings. The Morgan fingerprint density at radius 3 is 2.69 bits per heavy atom. The molecule has 1 amide bonds. The molecule has 2 aromatic heterocycles. The van der Waals surface area contributed by atoms with Crippen LogP contribution in [0.3, 0.4) is 0 Å². The molecule has 2 saturated heterocycles. The highest BCUT2D eigenvalue weighted by Gasteiger charge is 2.51. The highest BCUT2D eigenvalue weighted by molar-refractivity contribution is 6.36. The number of ether oxygens (including phenoxy) is 2. The summed E-state index contributed by atoms with van der Waals surface area (Å²) in [6.45, 7) is 15.2. The Kier molecular flexibility index (Phi) is 8.24. The monoisotopic (exact) mass is 675 g/mol. The molecule has 4 aromatic rings. The van der Waals surface area contributed by atoms with Crippen LogP contribution in [-0.4, -0.2) is 94.9 Å². The van der Waals surface area contributed by atoms with Gasteiger partial charge in [-0.1, -0.05) is 35.9 Å². The molecule has 0 radical (unpaired) electrons. The van der Waals surface area contributed by atoms with Crippen molar-refractivity contribution in [3.63, 3.8) is 0 Å². The molecule has 10 nitrogen and oxygen atoms in total. The number of carbonyl (C=O) groups excluding carboxylic acids is 1. The number of likely N-dealkylation sites (N-methyl/N-ethyl adjacent to an activating group) is 1. The molecular weight excluding hydrogens is 640 g/mol. The minimum Gasteiger partial charge on any atom is -0.462 e. The first-order valence-electron chi connectivity index (χ1n) is 16.1. The molecule has 4 atom stereocenters. The number of benzene rings is 2. The van der Waals surface area contributed by atoms with Crippen LogP contribution in [0.1, 0.15) is 27.2 Å². The number of likely N-dealkylation sites (tertiary alicyclic amines) is 1. The van der Waals surface area contributed by atoms with E-state index in [-0.39, 0.29) is 47.9 Å². The predicted molar refractivity (Wildman–Crippen MR) is 179 cm³/mol. The van der Waals surface area contributed by atoms with Gasteiger partial charge in [0.15, 0.2) is 5.82 Å². The van der Waals surface area contributed by atoms with Crippen LogP contribution in [0.5, 0.6) is 6.01 Å². The number of rotatable bonds is 6. The van der Waals surface area contributed by atoms with E-state index in [1.54, 1.807) is 49.9 Å². The van der Waals surface area contributed by atoms with Gasteiger partial charge in [-0.25, -0.2) is 20.1 Å². The summed E-state index contributed by atoms with van der Waals surface area (Å²) < 4.78 is 43.2. The summed E-state index contributed by atoms with van der Waals surface area (Å²) in [7, 11) is 2.07. The number of amides is 1. The number of pyridine rings is 1. The number of hydrogen-bond donors (Lipinski definition) is 0. The molecule has 48 heavy (non-hydrogen) atoms. The third-order valence-electron chi connectivity index (χ3n) is 9.49. The highest BCUT2D eigenvalue weighted by Crippen LogP contribution is 2.49. The molecule has 0 N–H and O–H groups in total. The van der Waals surface area contributed by atoms with Gasteiger partial charge in [-0.3, -0.25) is 14.8 Å². The molecule has 1 saturated carbocycles. The largest absolute Gasteiger partial charge is 0.462 e. The number of carbonyl (C=O) groups is 1. The molecule has 2 aliphatic heterocycles. The highest BCUT2D eigenvalue weighted by atomic mass is 35.5. The predicted octanol–water partition coefficient (Wildman–Crippen LogP) is 6.45. The number of aromatic nitrogens is 3. The Labute approximate surface area is 282 Å². The van der Waals surface area contributed by atoms with Crippen molar-refractivity contribution in [1.29, 1.82) is 0 Å². The van der Waals surface area contributed by atoms with Crippen molar-refractivity contribution >= 4 is 45.2 Å². The number of piperazine rings is 1. The summed E-state index contributed by atoms with van der Waals surface area (Å²) in [5.41, 5.74) is -0.409. The quantitative estimate of drug-likeness (QED) is 0.216. The van der Waals surface area contributed by atoms with Crippen LogP contribution in [-0.2, 0) is 4.74 Å². The normalized spacial score (nSPS) is 22.5. The van der Waals surface area contributed by atoms with Crippen LogP contribution in [0.2, 0.25) is 5.02 Å². The number of hydrogen-bond acceptors (Lipinski definition) is 8. The van der Waals surface area contributed by atoms with E-state index in [1.807, 2.05) is 4.90 Å². The van der Waals surface area contributed by atoms with Gasteiger partial charge in [-0.2, -0.15) is 9.97 Å². The lowest BCUT2D eigenvalue weighted by atomic mass is 10.0. The molecule has 0 spiro atoms. The summed E-state index contributed by atoms with van der Waals surface area (Å²) in [5, 5.41) is 1.21. The number of piperidine rings is 1. The van der Waals surface area contributed by atoms with Gasteiger partial charge in [-0.15, -0.1) is 0 Å². The summed E-state index contributed by atoms with van der Waals surface area (Å²) in [6, 6.07) is 7.76. The van der Waals surface area contributed by atoms with Crippen LogP contribution in [0.25, 0.3) is 37.8 Å². The van der Waals surface area contributed by atoms with Crippen LogP contribution >= 0.6 is 11.6 Å². The average molecular weight is 676 g/mol. The Balaban J connectivity index is 1.30. The fraction of sp³-hybridized carbons (Fsp3) is 0.457. The smallest absolute Gasteiger partial charge is 0.410 e. The van der Waals surface area contributed by atoms with E-state index in [0.717, 1.165) is 6.54 Å². The second-order valence-electron chi connectivity index (χ2n) is 13.9. The molecule has 3 aliphatic rings. The average Bonchev–Trinajstić information content (AvgIpc) is 3.73. The van der Waals surface area contributed by atoms with E-state index in [2.05, 4.69) is 26.8 Å². The molecule has 0 unspecified atom stereocenters. The summed E-state index contributed by atoms with van der Waals surface area (Å²) >= 11 is 6.40. The molecule has 1 aliphatic carbocycles. The molecule has 13 heteroatoms. The van der Waals surface area contributed by atoms with Gasteiger partial charge in [0, 0.05) is 49.4 Å². The molecule has 2 aromatic carbocycles. The Bertz CT molecular complexity index is 1960. The van der Waals surface area contributed by atoms with Crippen molar-refractivity contribution in [2.24, 2.45) is 11.8 Å². The number of halogens is 3. The summed E-state index contributed by atoms with van der Waals surface area (Å²) in [5.74, 6) is 0.291. The SMILES string of the molecule is [C-]#[N+]C[C@H]1CN(c2nc(OC[C@@H]3[C@@H]4C[C@@H]4CN3C)nc3c(F)c(-c4cccc5ccc(F)c(Cl)c45)ncc23)CCN1C(=O)OC(C)(C)C. The molecule has 0 bridgehead atoms. The van der Waals surface area contributed by atoms with Gasteiger partial charge >= 0.3 is 12.1 Å². The molecular formula is C35H36ClF2N7O3. The number of fused-ring (bicyclic) bond motifs is 3. The topological polar surface area (TPSA) is 88.3 Å². The van der Waals surface area contributed by atoms with E-state index in [1.165, 1.54) is 18.7 Å². The van der Waals surface area contributed by atoms with E-state index in [9.17, 15) is 9.18 Å². The van der Waals surface area contributed by atoms with Crippen molar-refractivity contribution in [3.05, 3.63) is 64.6 Å². The van der Waals surface area contributed by atoms with Crippen molar-refractivity contribution in [3.8, 4) is 17.3 Å². The Morgan fingerprint density at radius 2 is 1.96 bits per heavy atom. The van der Waals surface area contributed by atoms with Crippen molar-refractivity contribution in [2.45, 2.75) is 44.9 Å². The third kappa shape index (κ3) is 5.94. The zero-order valence-electron chi connectivity index (χ0n) is 27.2. The number of anilines is 1. The molecule has 250 valence electrons. The lowest BCUT2D eigenvalue weighted by Gasteiger charge is -2.40. The van der Waals surface area contributed by atoms with Crippen LogP contribution in [0.4, 0.5) is 19.4 Å². The first kappa shape index (κ1) is 32.2. The van der Waals surface area contributed by atoms with E-state index < -0.39 is 29.4 Å². The Hall–Kier alpha value is -4.34. The minimum absolute atomic E-state index is 0.00935. The zero-order chi connectivity index (χ0) is 33.9. The van der Waals surface area contributed by atoms with Gasteiger partial charge in [0.2, 0.25) is 6.54 Å². The van der Waals surface area contributed by atoms with Gasteiger partial charge in [-0.05, 0) is 57.5 Å². The second kappa shape index (κ2) is 12.3. The van der Waals surface area contributed by atoms with Crippen LogP contribution in [0, 0.1) is 30.0 Å². The zero-order valence-corrected chi connectivity index (χ0v) is 28.0. The third-order valence-corrected chi connectivity index (χ3v) is 9.86. The number of nitrogens with zero attached hydrogens (tertiary/aromatic N) is 7. The Morgan fingerprint density at radius 1 is 1.15 bits per heavy atom. The maximum absolute atomic E-state index is 16.8. The van der Waals surface area contributed by atoms with Gasteiger partial charge < -0.3 is 19.2 Å². The minimum atomic E-state index is -0.723. The van der Waals surface area contributed by atoms with Gasteiger partial charge in [0.25, 0.3) is 0 Å².